The summed E-state index contributed by atoms with van der Waals surface area (Å²) in [5.74, 6) is 0.410. The molecule has 0 saturated heterocycles. The maximum Gasteiger partial charge on any atom is 0.0534 e. The average Bonchev–Trinajstić information content (AvgIpc) is 2.56. The number of halogens is 2. The molecule has 3 aromatic carbocycles. The van der Waals surface area contributed by atoms with Gasteiger partial charge >= 0.3 is 0 Å². The third-order valence-electron chi connectivity index (χ3n) is 3.51. The van der Waals surface area contributed by atoms with E-state index in [4.69, 9.17) is 23.2 Å². The molecule has 0 aliphatic carbocycles. The van der Waals surface area contributed by atoms with Crippen LogP contribution in [0.1, 0.15) is 5.56 Å². The molecule has 2 heteroatoms. The van der Waals surface area contributed by atoms with Gasteiger partial charge in [0.2, 0.25) is 0 Å². The van der Waals surface area contributed by atoms with Gasteiger partial charge in [0, 0.05) is 11.4 Å². The quantitative estimate of drug-likeness (QED) is 0.490. The summed E-state index contributed by atoms with van der Waals surface area (Å²) in [6.45, 7) is 0. The first-order chi connectivity index (χ1) is 10.3. The molecule has 0 aliphatic rings. The predicted octanol–water partition coefficient (Wildman–Crippen LogP) is 6.41. The molecular formula is C19H14Cl2. The van der Waals surface area contributed by atoms with Crippen LogP contribution in [0.2, 0.25) is 5.02 Å². The summed E-state index contributed by atoms with van der Waals surface area (Å²) in [6.07, 6.45) is 0. The SMILES string of the molecule is ClCc1ccc(-c2ccccc2)c(-c2ccccc2)c1Cl. The highest BCUT2D eigenvalue weighted by Crippen LogP contribution is 2.39. The smallest absolute Gasteiger partial charge is 0.0534 e. The van der Waals surface area contributed by atoms with Gasteiger partial charge < -0.3 is 0 Å². The van der Waals surface area contributed by atoms with Crippen LogP contribution in [0, 0.1) is 0 Å². The van der Waals surface area contributed by atoms with E-state index >= 15 is 0 Å². The van der Waals surface area contributed by atoms with Gasteiger partial charge in [-0.2, -0.15) is 0 Å². The molecule has 0 amide bonds. The van der Waals surface area contributed by atoms with Crippen molar-refractivity contribution in [1.29, 1.82) is 0 Å². The number of rotatable bonds is 3. The molecule has 21 heavy (non-hydrogen) atoms. The van der Waals surface area contributed by atoms with Crippen LogP contribution in [0.4, 0.5) is 0 Å². The Bertz CT molecular complexity index is 734. The molecule has 104 valence electrons. The molecule has 0 aromatic heterocycles. The standard InChI is InChI=1S/C19H14Cl2/c20-13-16-11-12-17(14-7-3-1-4-8-14)18(19(16)21)15-9-5-2-6-10-15/h1-12H,13H2. The van der Waals surface area contributed by atoms with Gasteiger partial charge in [0.15, 0.2) is 0 Å². The Kier molecular flexibility index (Phi) is 4.28. The van der Waals surface area contributed by atoms with E-state index in [-0.39, 0.29) is 0 Å². The van der Waals surface area contributed by atoms with Crippen LogP contribution >= 0.6 is 23.2 Å². The van der Waals surface area contributed by atoms with Crippen molar-refractivity contribution in [3.05, 3.63) is 83.4 Å². The zero-order valence-corrected chi connectivity index (χ0v) is 12.9. The van der Waals surface area contributed by atoms with Crippen molar-refractivity contribution in [2.24, 2.45) is 0 Å². The third-order valence-corrected chi connectivity index (χ3v) is 4.23. The Hall–Kier alpha value is -1.76. The lowest BCUT2D eigenvalue weighted by atomic mass is 9.93. The van der Waals surface area contributed by atoms with Crippen LogP contribution in [0.25, 0.3) is 22.3 Å². The fraction of sp³-hybridized carbons (Fsp3) is 0.0526. The summed E-state index contributed by atoms with van der Waals surface area (Å²) in [6, 6.07) is 24.6. The van der Waals surface area contributed by atoms with Crippen molar-refractivity contribution in [3.63, 3.8) is 0 Å². The van der Waals surface area contributed by atoms with E-state index in [1.807, 2.05) is 42.5 Å². The fourth-order valence-corrected chi connectivity index (χ4v) is 3.10. The van der Waals surface area contributed by atoms with Crippen molar-refractivity contribution in [3.8, 4) is 22.3 Å². The first-order valence-electron chi connectivity index (χ1n) is 6.79. The molecule has 0 atom stereocenters. The summed E-state index contributed by atoms with van der Waals surface area (Å²) >= 11 is 12.6. The molecule has 3 rings (SSSR count). The van der Waals surface area contributed by atoms with Crippen molar-refractivity contribution < 1.29 is 0 Å². The minimum absolute atomic E-state index is 0.410. The monoisotopic (exact) mass is 312 g/mol. The van der Waals surface area contributed by atoms with E-state index in [9.17, 15) is 0 Å². The summed E-state index contributed by atoms with van der Waals surface area (Å²) in [5, 5.41) is 0.734. The van der Waals surface area contributed by atoms with E-state index < -0.39 is 0 Å². The molecule has 0 spiro atoms. The fourth-order valence-electron chi connectivity index (χ4n) is 2.47. The van der Waals surface area contributed by atoms with Crippen LogP contribution in [-0.2, 0) is 5.88 Å². The zero-order valence-electron chi connectivity index (χ0n) is 11.4. The number of hydrogen-bond donors (Lipinski definition) is 0. The van der Waals surface area contributed by atoms with Crippen LogP contribution in [0.3, 0.4) is 0 Å². The highest BCUT2D eigenvalue weighted by atomic mass is 35.5. The minimum Gasteiger partial charge on any atom is -0.121 e. The van der Waals surface area contributed by atoms with Gasteiger partial charge in [-0.25, -0.2) is 0 Å². The lowest BCUT2D eigenvalue weighted by Crippen LogP contribution is -1.91. The maximum atomic E-state index is 6.61. The van der Waals surface area contributed by atoms with E-state index in [1.54, 1.807) is 0 Å². The number of alkyl halides is 1. The Labute approximate surface area is 135 Å². The number of benzene rings is 3. The lowest BCUT2D eigenvalue weighted by Gasteiger charge is -2.15. The maximum absolute atomic E-state index is 6.61. The van der Waals surface area contributed by atoms with Gasteiger partial charge in [-0.15, -0.1) is 11.6 Å². The second-order valence-corrected chi connectivity index (χ2v) is 5.47. The lowest BCUT2D eigenvalue weighted by molar-refractivity contribution is 1.40. The van der Waals surface area contributed by atoms with E-state index in [2.05, 4.69) is 30.3 Å². The summed E-state index contributed by atoms with van der Waals surface area (Å²) in [5.41, 5.74) is 5.38. The highest BCUT2D eigenvalue weighted by molar-refractivity contribution is 6.35. The predicted molar refractivity (Wildman–Crippen MR) is 91.9 cm³/mol. The second kappa shape index (κ2) is 6.34. The van der Waals surface area contributed by atoms with E-state index in [0.29, 0.717) is 5.88 Å². The van der Waals surface area contributed by atoms with Gasteiger partial charge in [0.25, 0.3) is 0 Å². The topological polar surface area (TPSA) is 0 Å². The van der Waals surface area contributed by atoms with Crippen molar-refractivity contribution in [1.82, 2.24) is 0 Å². The number of hydrogen-bond acceptors (Lipinski definition) is 0. The first-order valence-corrected chi connectivity index (χ1v) is 7.70. The van der Waals surface area contributed by atoms with E-state index in [1.165, 1.54) is 0 Å². The van der Waals surface area contributed by atoms with E-state index in [0.717, 1.165) is 32.8 Å². The van der Waals surface area contributed by atoms with Gasteiger partial charge in [0.05, 0.1) is 5.02 Å². The molecular weight excluding hydrogens is 299 g/mol. The van der Waals surface area contributed by atoms with Crippen LogP contribution < -0.4 is 0 Å². The molecule has 0 aliphatic heterocycles. The third kappa shape index (κ3) is 2.83. The Morgan fingerprint density at radius 2 is 1.24 bits per heavy atom. The molecule has 0 fully saturated rings. The van der Waals surface area contributed by atoms with Crippen molar-refractivity contribution >= 4 is 23.2 Å². The summed E-state index contributed by atoms with van der Waals surface area (Å²) in [7, 11) is 0. The van der Waals surface area contributed by atoms with Crippen LogP contribution in [-0.4, -0.2) is 0 Å². The molecule has 0 radical (unpaired) electrons. The van der Waals surface area contributed by atoms with Gasteiger partial charge in [-0.3, -0.25) is 0 Å². The van der Waals surface area contributed by atoms with Crippen LogP contribution in [0.5, 0.6) is 0 Å². The molecule has 0 nitrogen and oxygen atoms in total. The van der Waals surface area contributed by atoms with Gasteiger partial charge in [-0.1, -0.05) is 84.4 Å². The zero-order chi connectivity index (χ0) is 14.7. The van der Waals surface area contributed by atoms with Gasteiger partial charge in [-0.05, 0) is 22.3 Å². The molecule has 0 N–H and O–H groups in total. The summed E-state index contributed by atoms with van der Waals surface area (Å²) in [4.78, 5) is 0. The van der Waals surface area contributed by atoms with Crippen LogP contribution in [0.15, 0.2) is 72.8 Å². The van der Waals surface area contributed by atoms with Crippen molar-refractivity contribution in [2.45, 2.75) is 5.88 Å². The first kappa shape index (κ1) is 14.2. The summed E-state index contributed by atoms with van der Waals surface area (Å²) < 4.78 is 0. The molecule has 0 heterocycles. The van der Waals surface area contributed by atoms with Crippen molar-refractivity contribution in [2.75, 3.05) is 0 Å². The minimum atomic E-state index is 0.410. The van der Waals surface area contributed by atoms with Gasteiger partial charge in [0.1, 0.15) is 0 Å². The Balaban J connectivity index is 2.28. The Morgan fingerprint density at radius 1 is 0.667 bits per heavy atom. The average molecular weight is 313 g/mol. The molecule has 0 bridgehead atoms. The molecule has 3 aromatic rings. The Morgan fingerprint density at radius 3 is 1.81 bits per heavy atom. The normalized spacial score (nSPS) is 10.6. The molecule has 0 unspecified atom stereocenters. The highest BCUT2D eigenvalue weighted by Gasteiger charge is 2.14. The second-order valence-electron chi connectivity index (χ2n) is 4.83. The molecule has 0 saturated carbocycles. The largest absolute Gasteiger partial charge is 0.121 e.